The van der Waals surface area contributed by atoms with Gasteiger partial charge in [0.05, 0.1) is 11.2 Å². The molecule has 41 heavy (non-hydrogen) atoms. The minimum Gasteiger partial charge on any atom is -0.248 e. The smallest absolute Gasteiger partial charge is 0.0716 e. The second-order valence-electron chi connectivity index (χ2n) is 10.6. The molecule has 1 heterocycles. The summed E-state index contributed by atoms with van der Waals surface area (Å²) in [5, 5.41) is 1.14. The van der Waals surface area contributed by atoms with Crippen molar-refractivity contribution < 1.29 is 0 Å². The summed E-state index contributed by atoms with van der Waals surface area (Å²) in [4.78, 5) is 5.04. The Kier molecular flexibility index (Phi) is 9.59. The molecule has 0 saturated carbocycles. The van der Waals surface area contributed by atoms with Crippen molar-refractivity contribution in [3.63, 3.8) is 0 Å². The molecule has 0 saturated heterocycles. The van der Waals surface area contributed by atoms with Crippen LogP contribution in [0.5, 0.6) is 0 Å². The van der Waals surface area contributed by atoms with E-state index in [4.69, 9.17) is 11.4 Å². The van der Waals surface area contributed by atoms with Crippen LogP contribution in [0.1, 0.15) is 49.3 Å². The molecule has 5 rings (SSSR count). The molecule has 4 aromatic carbocycles. The molecule has 0 fully saturated rings. The largest absolute Gasteiger partial charge is 0.248 e. The molecule has 0 spiro atoms. The highest BCUT2D eigenvalue weighted by Gasteiger charge is 2.10. The quantitative estimate of drug-likeness (QED) is 0.0938. The first-order valence-electron chi connectivity index (χ1n) is 14.6. The van der Waals surface area contributed by atoms with E-state index in [1.54, 1.807) is 6.08 Å². The molecule has 1 nitrogen and oxygen atoms in total. The topological polar surface area (TPSA) is 12.9 Å². The van der Waals surface area contributed by atoms with Crippen molar-refractivity contribution in [1.82, 2.24) is 4.98 Å². The van der Waals surface area contributed by atoms with Gasteiger partial charge in [-0.05, 0) is 90.3 Å². The lowest BCUT2D eigenvalue weighted by atomic mass is 9.96. The number of benzene rings is 4. The van der Waals surface area contributed by atoms with Crippen LogP contribution in [0.15, 0.2) is 127 Å². The Morgan fingerprint density at radius 1 is 0.683 bits per heavy atom. The van der Waals surface area contributed by atoms with E-state index in [-0.39, 0.29) is 0 Å². The van der Waals surface area contributed by atoms with Crippen LogP contribution in [0.2, 0.25) is 0 Å². The first-order chi connectivity index (χ1) is 20.2. The Labute approximate surface area is 245 Å². The number of allylic oxidation sites excluding steroid dienone is 4. The zero-order valence-electron chi connectivity index (χ0n) is 23.9. The van der Waals surface area contributed by atoms with Crippen molar-refractivity contribution >= 4 is 16.5 Å². The number of para-hydroxylation sites is 1. The summed E-state index contributed by atoms with van der Waals surface area (Å²) in [5.41, 5.74) is 10.7. The predicted molar refractivity (Wildman–Crippen MR) is 177 cm³/mol. The summed E-state index contributed by atoms with van der Waals surface area (Å²) in [7, 11) is 0. The number of unbranched alkanes of at least 4 members (excludes halogenated alkanes) is 3. The zero-order valence-corrected chi connectivity index (χ0v) is 23.9. The van der Waals surface area contributed by atoms with E-state index >= 15 is 0 Å². The highest BCUT2D eigenvalue weighted by atomic mass is 14.7. The Balaban J connectivity index is 1.30. The summed E-state index contributed by atoms with van der Waals surface area (Å²) in [5.74, 6) is 2.56. The van der Waals surface area contributed by atoms with Gasteiger partial charge in [-0.2, -0.15) is 0 Å². The number of aromatic nitrogens is 1. The third-order valence-electron chi connectivity index (χ3n) is 7.62. The predicted octanol–water partition coefficient (Wildman–Crippen LogP) is 10.5. The highest BCUT2D eigenvalue weighted by molar-refractivity contribution is 5.94. The van der Waals surface area contributed by atoms with Crippen LogP contribution < -0.4 is 0 Å². The summed E-state index contributed by atoms with van der Waals surface area (Å²) in [6, 6.07) is 39.1. The van der Waals surface area contributed by atoms with Crippen LogP contribution in [-0.4, -0.2) is 4.98 Å². The lowest BCUT2D eigenvalue weighted by molar-refractivity contribution is 0.640. The number of hydrogen-bond donors (Lipinski definition) is 0. The van der Waals surface area contributed by atoms with Crippen molar-refractivity contribution in [1.29, 1.82) is 0 Å². The van der Waals surface area contributed by atoms with Gasteiger partial charge in [0.15, 0.2) is 0 Å². The van der Waals surface area contributed by atoms with Crippen LogP contribution in [0.4, 0.5) is 0 Å². The first-order valence-corrected chi connectivity index (χ1v) is 14.6. The fourth-order valence-corrected chi connectivity index (χ4v) is 5.41. The van der Waals surface area contributed by atoms with Gasteiger partial charge in [-0.1, -0.05) is 122 Å². The molecular weight excluding hydrogens is 494 g/mol. The van der Waals surface area contributed by atoms with Crippen LogP contribution in [0.25, 0.3) is 38.9 Å². The van der Waals surface area contributed by atoms with Crippen molar-refractivity contribution in [3.8, 4) is 34.7 Å². The molecule has 0 aliphatic rings. The van der Waals surface area contributed by atoms with Crippen LogP contribution >= 0.6 is 0 Å². The van der Waals surface area contributed by atoms with E-state index < -0.39 is 0 Å². The second kappa shape index (κ2) is 14.1. The summed E-state index contributed by atoms with van der Waals surface area (Å²) in [6.45, 7) is 2.12. The second-order valence-corrected chi connectivity index (χ2v) is 10.6. The molecule has 0 atom stereocenters. The van der Waals surface area contributed by atoms with Gasteiger partial charge in [-0.25, -0.2) is 4.98 Å². The normalized spacial score (nSPS) is 11.7. The molecule has 0 N–H and O–H groups in total. The van der Waals surface area contributed by atoms with Crippen LogP contribution in [0, 0.1) is 12.3 Å². The fraction of sp³-hybridized carbons (Fsp3) is 0.175. The highest BCUT2D eigenvalue weighted by Crippen LogP contribution is 2.31. The van der Waals surface area contributed by atoms with Crippen LogP contribution in [-0.2, 0) is 12.8 Å². The molecule has 0 bridgehead atoms. The number of hydrogen-bond acceptors (Lipinski definition) is 1. The lowest BCUT2D eigenvalue weighted by Gasteiger charge is -2.12. The maximum absolute atomic E-state index is 5.40. The summed E-state index contributed by atoms with van der Waals surface area (Å²) in [6.07, 6.45) is 18.4. The van der Waals surface area contributed by atoms with Gasteiger partial charge in [-0.15, -0.1) is 6.42 Å². The molecular formula is C40H37N. The molecule has 0 amide bonds. The Morgan fingerprint density at radius 3 is 2.15 bits per heavy atom. The van der Waals surface area contributed by atoms with Gasteiger partial charge in [0, 0.05) is 10.9 Å². The van der Waals surface area contributed by atoms with Crippen LogP contribution in [0.3, 0.4) is 0 Å². The monoisotopic (exact) mass is 531 g/mol. The van der Waals surface area contributed by atoms with E-state index in [2.05, 4.69) is 122 Å². The lowest BCUT2D eigenvalue weighted by Crippen LogP contribution is -1.92. The SMILES string of the molecule is C#C/C=C\C=C(/C)c1cc(-c2cccc(-c3cccc(CCCCCCc4ccccc4)c3)c2)nc2ccccc12. The number of terminal acetylenes is 1. The van der Waals surface area contributed by atoms with Crippen molar-refractivity contribution in [2.45, 2.75) is 45.4 Å². The van der Waals surface area contributed by atoms with Crippen molar-refractivity contribution in [3.05, 3.63) is 144 Å². The first kappa shape index (κ1) is 27.9. The van der Waals surface area contributed by atoms with E-state index in [9.17, 15) is 0 Å². The average Bonchev–Trinajstić information content (AvgIpc) is 3.03. The molecule has 5 aromatic rings. The minimum atomic E-state index is 0.973. The average molecular weight is 532 g/mol. The van der Waals surface area contributed by atoms with Gasteiger partial charge >= 0.3 is 0 Å². The molecule has 1 heteroatoms. The van der Waals surface area contributed by atoms with E-state index in [1.165, 1.54) is 59.9 Å². The fourth-order valence-electron chi connectivity index (χ4n) is 5.41. The standard InChI is InChI=1S/C40H37N/c1-3-4-8-17-31(2)38-30-40(41-39-27-14-13-26-37(38)39)36-25-16-24-35(29-36)34-23-15-22-33(28-34)21-10-6-5-9-18-32-19-11-7-12-20-32/h1,4,7-8,11-17,19-20,22-30H,5-6,9-10,18,21H2,2H3/b8-4-,31-17+. The summed E-state index contributed by atoms with van der Waals surface area (Å²) < 4.78 is 0. The zero-order chi connectivity index (χ0) is 28.3. The van der Waals surface area contributed by atoms with E-state index in [1.807, 2.05) is 12.1 Å². The summed E-state index contributed by atoms with van der Waals surface area (Å²) >= 11 is 0. The van der Waals surface area contributed by atoms with Gasteiger partial charge in [0.25, 0.3) is 0 Å². The maximum atomic E-state index is 5.40. The molecule has 0 aliphatic carbocycles. The number of aryl methyl sites for hydroxylation is 2. The van der Waals surface area contributed by atoms with Crippen molar-refractivity contribution in [2.75, 3.05) is 0 Å². The van der Waals surface area contributed by atoms with E-state index in [0.717, 1.165) is 34.2 Å². The van der Waals surface area contributed by atoms with Gasteiger partial charge in [0.1, 0.15) is 0 Å². The molecule has 0 radical (unpaired) electrons. The van der Waals surface area contributed by atoms with Gasteiger partial charge in [-0.3, -0.25) is 0 Å². The number of pyridine rings is 1. The number of nitrogens with zero attached hydrogens (tertiary/aromatic N) is 1. The Morgan fingerprint density at radius 2 is 1.34 bits per heavy atom. The Bertz CT molecular complexity index is 1700. The maximum Gasteiger partial charge on any atom is 0.0716 e. The molecule has 202 valence electrons. The van der Waals surface area contributed by atoms with Crippen molar-refractivity contribution in [2.24, 2.45) is 0 Å². The minimum absolute atomic E-state index is 0.973. The third kappa shape index (κ3) is 7.50. The molecule has 0 aliphatic heterocycles. The number of fused-ring (bicyclic) bond motifs is 1. The Hall–Kier alpha value is -4.67. The molecule has 1 aromatic heterocycles. The molecule has 0 unspecified atom stereocenters. The van der Waals surface area contributed by atoms with E-state index in [0.29, 0.717) is 0 Å². The third-order valence-corrected chi connectivity index (χ3v) is 7.62. The van der Waals surface area contributed by atoms with Gasteiger partial charge < -0.3 is 0 Å². The van der Waals surface area contributed by atoms with Gasteiger partial charge in [0.2, 0.25) is 0 Å². The number of rotatable bonds is 11.